The minimum absolute atomic E-state index is 0.0226. The van der Waals surface area contributed by atoms with Gasteiger partial charge in [0.2, 0.25) is 0 Å². The molecule has 1 fully saturated rings. The zero-order valence-corrected chi connectivity index (χ0v) is 14.7. The number of carbonyl (C=O) groups excluding carboxylic acids is 2. The Kier molecular flexibility index (Phi) is 5.95. The number of hydrogen-bond acceptors (Lipinski definition) is 7. The number of ether oxygens (including phenoxy) is 2. The zero-order chi connectivity index (χ0) is 17.7. The van der Waals surface area contributed by atoms with Crippen LogP contribution in [0.4, 0.5) is 10.6 Å². The maximum Gasteiger partial charge on any atom is 0.410 e. The number of nitrogens with one attached hydrogen (secondary N) is 1. The SMILES string of the molecule is CC(C)(C)OC(=O)N1CCOC(C(=O)CNc2nccnc2Cl)C1. The first kappa shape index (κ1) is 18.4. The number of morpholine rings is 1. The lowest BCUT2D eigenvalue weighted by atomic mass is 10.2. The maximum absolute atomic E-state index is 12.3. The van der Waals surface area contributed by atoms with E-state index in [2.05, 4.69) is 15.3 Å². The van der Waals surface area contributed by atoms with Gasteiger partial charge < -0.3 is 19.7 Å². The van der Waals surface area contributed by atoms with Gasteiger partial charge in [-0.15, -0.1) is 0 Å². The number of nitrogens with zero attached hydrogens (tertiary/aromatic N) is 3. The summed E-state index contributed by atoms with van der Waals surface area (Å²) in [4.78, 5) is 33.7. The molecular formula is C15H21ClN4O4. The summed E-state index contributed by atoms with van der Waals surface area (Å²) in [7, 11) is 0. The van der Waals surface area contributed by atoms with Crippen molar-refractivity contribution in [2.45, 2.75) is 32.5 Å². The molecule has 0 spiro atoms. The minimum Gasteiger partial charge on any atom is -0.444 e. The summed E-state index contributed by atoms with van der Waals surface area (Å²) in [5.74, 6) is 0.123. The van der Waals surface area contributed by atoms with Gasteiger partial charge in [0.15, 0.2) is 16.8 Å². The number of carbonyl (C=O) groups is 2. The van der Waals surface area contributed by atoms with Crippen molar-refractivity contribution in [2.24, 2.45) is 0 Å². The molecule has 9 heteroatoms. The molecule has 1 amide bonds. The standard InChI is InChI=1S/C15H21ClN4O4/c1-15(2,3)24-14(22)20-6-7-23-11(9-20)10(21)8-19-13-12(16)17-4-5-18-13/h4-5,11H,6-9H2,1-3H3,(H,18,19). The zero-order valence-electron chi connectivity index (χ0n) is 13.9. The van der Waals surface area contributed by atoms with Gasteiger partial charge in [-0.05, 0) is 20.8 Å². The Morgan fingerprint density at radius 3 is 2.79 bits per heavy atom. The molecule has 1 aliphatic rings. The first-order valence-electron chi connectivity index (χ1n) is 7.59. The quantitative estimate of drug-likeness (QED) is 0.878. The molecule has 8 nitrogen and oxygen atoms in total. The predicted molar refractivity (Wildman–Crippen MR) is 88.1 cm³/mol. The van der Waals surface area contributed by atoms with Crippen molar-refractivity contribution in [1.82, 2.24) is 14.9 Å². The number of amides is 1. The number of ketones is 1. The summed E-state index contributed by atoms with van der Waals surface area (Å²) in [6.45, 7) is 6.19. The van der Waals surface area contributed by atoms with Crippen LogP contribution in [0, 0.1) is 0 Å². The van der Waals surface area contributed by atoms with Crippen LogP contribution >= 0.6 is 11.6 Å². The van der Waals surface area contributed by atoms with Crippen LogP contribution in [0.2, 0.25) is 5.15 Å². The van der Waals surface area contributed by atoms with E-state index >= 15 is 0 Å². The molecule has 1 N–H and O–H groups in total. The Hall–Kier alpha value is -1.93. The van der Waals surface area contributed by atoms with Gasteiger partial charge >= 0.3 is 6.09 Å². The number of anilines is 1. The predicted octanol–water partition coefficient (Wildman–Crippen LogP) is 1.75. The Morgan fingerprint density at radius 2 is 2.12 bits per heavy atom. The lowest BCUT2D eigenvalue weighted by molar-refractivity contribution is -0.133. The summed E-state index contributed by atoms with van der Waals surface area (Å²) < 4.78 is 10.8. The molecule has 0 aliphatic carbocycles. The highest BCUT2D eigenvalue weighted by Crippen LogP contribution is 2.15. The molecule has 1 aromatic heterocycles. The van der Waals surface area contributed by atoms with E-state index < -0.39 is 17.8 Å². The summed E-state index contributed by atoms with van der Waals surface area (Å²) in [6.07, 6.45) is 1.76. The second-order valence-corrected chi connectivity index (χ2v) is 6.66. The maximum atomic E-state index is 12.3. The van der Waals surface area contributed by atoms with E-state index in [1.165, 1.54) is 17.3 Å². The highest BCUT2D eigenvalue weighted by molar-refractivity contribution is 6.31. The third-order valence-corrected chi connectivity index (χ3v) is 3.44. The average Bonchev–Trinajstić information content (AvgIpc) is 2.52. The third kappa shape index (κ3) is 5.31. The van der Waals surface area contributed by atoms with Gasteiger partial charge in [0.05, 0.1) is 19.7 Å². The van der Waals surface area contributed by atoms with Crippen molar-refractivity contribution in [2.75, 3.05) is 31.6 Å². The summed E-state index contributed by atoms with van der Waals surface area (Å²) in [6, 6.07) is 0. The summed E-state index contributed by atoms with van der Waals surface area (Å²) in [5.41, 5.74) is -0.584. The van der Waals surface area contributed by atoms with Crippen LogP contribution in [-0.4, -0.2) is 64.7 Å². The molecule has 24 heavy (non-hydrogen) atoms. The molecule has 0 bridgehead atoms. The van der Waals surface area contributed by atoms with Crippen molar-refractivity contribution in [3.05, 3.63) is 17.5 Å². The normalized spacial score (nSPS) is 18.2. The first-order valence-corrected chi connectivity index (χ1v) is 7.96. The van der Waals surface area contributed by atoms with E-state index in [0.717, 1.165) is 0 Å². The lowest BCUT2D eigenvalue weighted by Crippen LogP contribution is -2.50. The van der Waals surface area contributed by atoms with E-state index in [4.69, 9.17) is 21.1 Å². The van der Waals surface area contributed by atoms with E-state index in [1.54, 1.807) is 20.8 Å². The Balaban J connectivity index is 1.88. The van der Waals surface area contributed by atoms with Gasteiger partial charge in [-0.1, -0.05) is 11.6 Å². The van der Waals surface area contributed by atoms with Crippen LogP contribution in [0.25, 0.3) is 0 Å². The first-order chi connectivity index (χ1) is 11.3. The Labute approximate surface area is 145 Å². The molecule has 1 aliphatic heterocycles. The van der Waals surface area contributed by atoms with Gasteiger partial charge in [0.1, 0.15) is 11.7 Å². The van der Waals surface area contributed by atoms with Gasteiger partial charge in [-0.25, -0.2) is 14.8 Å². The molecule has 132 valence electrons. The number of rotatable bonds is 4. The van der Waals surface area contributed by atoms with Crippen LogP contribution in [0.15, 0.2) is 12.4 Å². The number of aromatic nitrogens is 2. The fourth-order valence-electron chi connectivity index (χ4n) is 2.06. The summed E-state index contributed by atoms with van der Waals surface area (Å²) in [5, 5.41) is 3.01. The lowest BCUT2D eigenvalue weighted by Gasteiger charge is -2.33. The van der Waals surface area contributed by atoms with Gasteiger partial charge in [0, 0.05) is 18.9 Å². The van der Waals surface area contributed by atoms with Crippen molar-refractivity contribution in [1.29, 1.82) is 0 Å². The van der Waals surface area contributed by atoms with Crippen molar-refractivity contribution >= 4 is 29.3 Å². The molecule has 2 rings (SSSR count). The highest BCUT2D eigenvalue weighted by Gasteiger charge is 2.31. The fourth-order valence-corrected chi connectivity index (χ4v) is 2.23. The topological polar surface area (TPSA) is 93.6 Å². The van der Waals surface area contributed by atoms with Crippen LogP contribution in [0.3, 0.4) is 0 Å². The second-order valence-electron chi connectivity index (χ2n) is 6.30. The van der Waals surface area contributed by atoms with Crippen molar-refractivity contribution in [3.8, 4) is 0 Å². The van der Waals surface area contributed by atoms with E-state index in [1.807, 2.05) is 0 Å². The average molecular weight is 357 g/mol. The van der Waals surface area contributed by atoms with Crippen molar-refractivity contribution in [3.63, 3.8) is 0 Å². The molecule has 2 heterocycles. The Bertz CT molecular complexity index is 605. The summed E-state index contributed by atoms with van der Waals surface area (Å²) >= 11 is 5.87. The molecule has 0 saturated carbocycles. The molecule has 1 atom stereocenters. The van der Waals surface area contributed by atoms with Crippen LogP contribution < -0.4 is 5.32 Å². The largest absolute Gasteiger partial charge is 0.444 e. The van der Waals surface area contributed by atoms with Gasteiger partial charge in [0.25, 0.3) is 0 Å². The Morgan fingerprint density at radius 1 is 1.42 bits per heavy atom. The fraction of sp³-hybridized carbons (Fsp3) is 0.600. The molecule has 1 aromatic rings. The van der Waals surface area contributed by atoms with Crippen LogP contribution in [0.1, 0.15) is 20.8 Å². The monoisotopic (exact) mass is 356 g/mol. The molecule has 0 aromatic carbocycles. The molecule has 1 saturated heterocycles. The van der Waals surface area contributed by atoms with Gasteiger partial charge in [-0.3, -0.25) is 4.79 Å². The number of Topliss-reactive ketones (excluding diaryl/α,β-unsaturated/α-hetero) is 1. The second kappa shape index (κ2) is 7.76. The molecule has 0 radical (unpaired) electrons. The highest BCUT2D eigenvalue weighted by atomic mass is 35.5. The smallest absolute Gasteiger partial charge is 0.410 e. The molecule has 1 unspecified atom stereocenters. The molecular weight excluding hydrogens is 336 g/mol. The van der Waals surface area contributed by atoms with Crippen molar-refractivity contribution < 1.29 is 19.1 Å². The van der Waals surface area contributed by atoms with Gasteiger partial charge in [-0.2, -0.15) is 0 Å². The minimum atomic E-state index is -0.714. The van der Waals surface area contributed by atoms with Crippen LogP contribution in [-0.2, 0) is 14.3 Å². The van der Waals surface area contributed by atoms with E-state index in [9.17, 15) is 9.59 Å². The number of hydrogen-bond donors (Lipinski definition) is 1. The third-order valence-electron chi connectivity index (χ3n) is 3.16. The van der Waals surface area contributed by atoms with E-state index in [-0.39, 0.29) is 30.6 Å². The van der Waals surface area contributed by atoms with E-state index in [0.29, 0.717) is 12.4 Å². The number of halogens is 1. The van der Waals surface area contributed by atoms with Crippen LogP contribution in [0.5, 0.6) is 0 Å².